The SMILES string of the molecule is COc1ccccc1CNC(=O)COC(=O)Cn1ccc(=O)[nH]c1=O. The zero-order chi connectivity index (χ0) is 18.2. The topological polar surface area (TPSA) is 119 Å². The summed E-state index contributed by atoms with van der Waals surface area (Å²) in [6.07, 6.45) is 1.17. The van der Waals surface area contributed by atoms with Gasteiger partial charge in [0.25, 0.3) is 11.5 Å². The average molecular weight is 347 g/mol. The number of hydrogen-bond acceptors (Lipinski definition) is 6. The molecule has 0 spiro atoms. The summed E-state index contributed by atoms with van der Waals surface area (Å²) in [6, 6.07) is 8.29. The van der Waals surface area contributed by atoms with Gasteiger partial charge in [0.1, 0.15) is 12.3 Å². The first-order chi connectivity index (χ1) is 12.0. The molecule has 0 bridgehead atoms. The maximum Gasteiger partial charge on any atom is 0.328 e. The second-order valence-electron chi connectivity index (χ2n) is 4.99. The lowest BCUT2D eigenvalue weighted by atomic mass is 10.2. The van der Waals surface area contributed by atoms with Gasteiger partial charge in [-0.05, 0) is 6.07 Å². The molecule has 2 aromatic rings. The molecule has 0 aliphatic heterocycles. The average Bonchev–Trinajstić information content (AvgIpc) is 2.60. The predicted octanol–water partition coefficient (Wildman–Crippen LogP) is -0.595. The Hall–Kier alpha value is -3.36. The molecule has 25 heavy (non-hydrogen) atoms. The van der Waals surface area contributed by atoms with Crippen molar-refractivity contribution in [3.8, 4) is 5.75 Å². The molecule has 1 aromatic heterocycles. The minimum atomic E-state index is -0.776. The number of methoxy groups -OCH3 is 1. The van der Waals surface area contributed by atoms with E-state index in [1.165, 1.54) is 13.3 Å². The van der Waals surface area contributed by atoms with Crippen molar-refractivity contribution >= 4 is 11.9 Å². The van der Waals surface area contributed by atoms with Crippen LogP contribution in [0.3, 0.4) is 0 Å². The number of rotatable bonds is 7. The van der Waals surface area contributed by atoms with Crippen LogP contribution >= 0.6 is 0 Å². The molecule has 9 nitrogen and oxygen atoms in total. The number of benzene rings is 1. The third-order valence-electron chi connectivity index (χ3n) is 3.23. The maximum atomic E-state index is 11.7. The third-order valence-corrected chi connectivity index (χ3v) is 3.23. The van der Waals surface area contributed by atoms with Crippen molar-refractivity contribution in [1.29, 1.82) is 0 Å². The van der Waals surface area contributed by atoms with Gasteiger partial charge in [-0.25, -0.2) is 4.79 Å². The normalized spacial score (nSPS) is 10.1. The second-order valence-corrected chi connectivity index (χ2v) is 4.99. The van der Waals surface area contributed by atoms with E-state index in [0.717, 1.165) is 16.2 Å². The van der Waals surface area contributed by atoms with Gasteiger partial charge < -0.3 is 14.8 Å². The van der Waals surface area contributed by atoms with E-state index in [1.807, 2.05) is 17.1 Å². The standard InChI is InChI=1S/C16H17N3O6/c1-24-12-5-3-2-4-11(12)8-17-14(21)10-25-15(22)9-19-7-6-13(20)18-16(19)23/h2-7H,8-10H2,1H3,(H,17,21)(H,18,20,23). The molecule has 0 saturated carbocycles. The smallest absolute Gasteiger partial charge is 0.328 e. The predicted molar refractivity (Wildman–Crippen MR) is 87.1 cm³/mol. The summed E-state index contributed by atoms with van der Waals surface area (Å²) in [5.41, 5.74) is -0.514. The number of para-hydroxylation sites is 1. The Kier molecular flexibility index (Phi) is 6.10. The Morgan fingerprint density at radius 3 is 2.68 bits per heavy atom. The van der Waals surface area contributed by atoms with E-state index in [-0.39, 0.29) is 6.54 Å². The Morgan fingerprint density at radius 2 is 1.96 bits per heavy atom. The number of aromatic nitrogens is 2. The summed E-state index contributed by atoms with van der Waals surface area (Å²) in [4.78, 5) is 47.8. The molecule has 0 unspecified atom stereocenters. The Morgan fingerprint density at radius 1 is 1.20 bits per heavy atom. The highest BCUT2D eigenvalue weighted by Gasteiger charge is 2.10. The van der Waals surface area contributed by atoms with Crippen LogP contribution < -0.4 is 21.3 Å². The van der Waals surface area contributed by atoms with E-state index in [1.54, 1.807) is 12.1 Å². The number of nitrogens with one attached hydrogen (secondary N) is 2. The number of hydrogen-bond donors (Lipinski definition) is 2. The first-order valence-electron chi connectivity index (χ1n) is 7.33. The molecule has 0 aliphatic rings. The summed E-state index contributed by atoms with van der Waals surface area (Å²) in [5.74, 6) is -0.632. The maximum absolute atomic E-state index is 11.7. The Labute approximate surface area is 142 Å². The molecule has 9 heteroatoms. The minimum absolute atomic E-state index is 0.222. The van der Waals surface area contributed by atoms with Crippen LogP contribution in [0.5, 0.6) is 5.75 Å². The zero-order valence-electron chi connectivity index (χ0n) is 13.5. The van der Waals surface area contributed by atoms with Gasteiger partial charge in [0.2, 0.25) is 0 Å². The van der Waals surface area contributed by atoms with Crippen LogP contribution in [0.1, 0.15) is 5.56 Å². The van der Waals surface area contributed by atoms with Crippen molar-refractivity contribution in [2.45, 2.75) is 13.1 Å². The number of carbonyl (C=O) groups excluding carboxylic acids is 2. The summed E-state index contributed by atoms with van der Waals surface area (Å²) in [6.45, 7) is -0.665. The monoisotopic (exact) mass is 347 g/mol. The first-order valence-corrected chi connectivity index (χ1v) is 7.33. The largest absolute Gasteiger partial charge is 0.496 e. The molecule has 1 amide bonds. The molecule has 132 valence electrons. The fourth-order valence-corrected chi connectivity index (χ4v) is 1.99. The highest BCUT2D eigenvalue weighted by atomic mass is 16.5. The summed E-state index contributed by atoms with van der Waals surface area (Å²) in [7, 11) is 1.53. The third kappa shape index (κ3) is 5.34. The van der Waals surface area contributed by atoms with Gasteiger partial charge in [0.05, 0.1) is 7.11 Å². The van der Waals surface area contributed by atoms with Crippen LogP contribution in [0, 0.1) is 0 Å². The molecule has 0 radical (unpaired) electrons. The molecule has 2 rings (SSSR count). The van der Waals surface area contributed by atoms with Crippen molar-refractivity contribution in [1.82, 2.24) is 14.9 Å². The van der Waals surface area contributed by atoms with E-state index in [2.05, 4.69) is 5.32 Å². The molecule has 0 saturated heterocycles. The highest BCUT2D eigenvalue weighted by Crippen LogP contribution is 2.16. The second kappa shape index (κ2) is 8.48. The number of nitrogens with zero attached hydrogens (tertiary/aromatic N) is 1. The first kappa shape index (κ1) is 18.0. The lowest BCUT2D eigenvalue weighted by Gasteiger charge is -2.10. The van der Waals surface area contributed by atoms with Gasteiger partial charge >= 0.3 is 11.7 Å². The van der Waals surface area contributed by atoms with Crippen molar-refractivity contribution < 1.29 is 19.1 Å². The lowest BCUT2D eigenvalue weighted by Crippen LogP contribution is -2.33. The van der Waals surface area contributed by atoms with Gasteiger partial charge in [-0.15, -0.1) is 0 Å². The van der Waals surface area contributed by atoms with Crippen LogP contribution in [0.15, 0.2) is 46.1 Å². The van der Waals surface area contributed by atoms with Crippen LogP contribution in [0.25, 0.3) is 0 Å². The Balaban J connectivity index is 1.80. The molecule has 1 aromatic carbocycles. The zero-order valence-corrected chi connectivity index (χ0v) is 13.5. The van der Waals surface area contributed by atoms with Gasteiger partial charge in [-0.1, -0.05) is 18.2 Å². The van der Waals surface area contributed by atoms with Gasteiger partial charge in [0.15, 0.2) is 6.61 Å². The summed E-state index contributed by atoms with van der Waals surface area (Å²) in [5, 5.41) is 2.60. The number of ether oxygens (including phenoxy) is 2. The molecule has 0 fully saturated rings. The molecule has 2 N–H and O–H groups in total. The van der Waals surface area contributed by atoms with E-state index >= 15 is 0 Å². The number of amides is 1. The lowest BCUT2D eigenvalue weighted by molar-refractivity contribution is -0.149. The van der Waals surface area contributed by atoms with E-state index in [9.17, 15) is 19.2 Å². The van der Waals surface area contributed by atoms with Crippen molar-refractivity contribution in [2.75, 3.05) is 13.7 Å². The van der Waals surface area contributed by atoms with Gasteiger partial charge in [-0.3, -0.25) is 23.9 Å². The Bertz CT molecular complexity index is 870. The summed E-state index contributed by atoms with van der Waals surface area (Å²) < 4.78 is 10.9. The number of esters is 1. The van der Waals surface area contributed by atoms with Crippen molar-refractivity contribution in [3.05, 3.63) is 62.9 Å². The quantitative estimate of drug-likeness (QED) is 0.646. The number of aromatic amines is 1. The van der Waals surface area contributed by atoms with E-state index < -0.39 is 36.3 Å². The van der Waals surface area contributed by atoms with Gasteiger partial charge in [0, 0.05) is 24.4 Å². The van der Waals surface area contributed by atoms with Crippen molar-refractivity contribution in [2.24, 2.45) is 0 Å². The number of carbonyl (C=O) groups is 2. The van der Waals surface area contributed by atoms with Crippen LogP contribution in [-0.4, -0.2) is 35.1 Å². The van der Waals surface area contributed by atoms with E-state index in [4.69, 9.17) is 9.47 Å². The minimum Gasteiger partial charge on any atom is -0.496 e. The van der Waals surface area contributed by atoms with Crippen LogP contribution in [0.2, 0.25) is 0 Å². The van der Waals surface area contributed by atoms with Gasteiger partial charge in [-0.2, -0.15) is 0 Å². The summed E-state index contributed by atoms with van der Waals surface area (Å²) >= 11 is 0. The fraction of sp³-hybridized carbons (Fsp3) is 0.250. The fourth-order valence-electron chi connectivity index (χ4n) is 1.99. The molecule has 1 heterocycles. The van der Waals surface area contributed by atoms with Crippen molar-refractivity contribution in [3.63, 3.8) is 0 Å². The van der Waals surface area contributed by atoms with Crippen LogP contribution in [0.4, 0.5) is 0 Å². The molecular formula is C16H17N3O6. The number of H-pyrrole nitrogens is 1. The molecule has 0 aliphatic carbocycles. The van der Waals surface area contributed by atoms with E-state index in [0.29, 0.717) is 5.75 Å². The highest BCUT2D eigenvalue weighted by molar-refractivity contribution is 5.80. The molecule has 0 atom stereocenters. The molecular weight excluding hydrogens is 330 g/mol. The van der Waals surface area contributed by atoms with Crippen LogP contribution in [-0.2, 0) is 27.4 Å².